The van der Waals surface area contributed by atoms with E-state index in [0.29, 0.717) is 48.4 Å². The van der Waals surface area contributed by atoms with Crippen LogP contribution in [0.5, 0.6) is 0 Å². The molecular weight excluding hydrogens is 380 g/mol. The second kappa shape index (κ2) is 8.33. The summed E-state index contributed by atoms with van der Waals surface area (Å²) < 4.78 is 5.76. The van der Waals surface area contributed by atoms with Gasteiger partial charge < -0.3 is 15.1 Å². The molecule has 3 rings (SSSR count). The Morgan fingerprint density at radius 1 is 1.10 bits per heavy atom. The van der Waals surface area contributed by atoms with Crippen molar-refractivity contribution in [1.29, 1.82) is 0 Å². The number of oxazole rings is 1. The lowest BCUT2D eigenvalue weighted by atomic mass is 9.90. The van der Waals surface area contributed by atoms with E-state index in [2.05, 4.69) is 20.5 Å². The predicted molar refractivity (Wildman–Crippen MR) is 116 cm³/mol. The number of carbonyl (C=O) groups is 2. The maximum atomic E-state index is 12.7. The molecule has 2 N–H and O–H groups in total. The fourth-order valence-corrected chi connectivity index (χ4v) is 4.68. The van der Waals surface area contributed by atoms with Gasteiger partial charge in [-0.1, -0.05) is 20.8 Å². The zero-order valence-electron chi connectivity index (χ0n) is 19.6. The van der Waals surface area contributed by atoms with Gasteiger partial charge in [-0.3, -0.25) is 14.5 Å². The van der Waals surface area contributed by atoms with Crippen molar-refractivity contribution < 1.29 is 14.0 Å². The van der Waals surface area contributed by atoms with Crippen molar-refractivity contribution in [3.63, 3.8) is 0 Å². The van der Waals surface area contributed by atoms with Crippen LogP contribution in [0.25, 0.3) is 0 Å². The maximum absolute atomic E-state index is 12.7. The van der Waals surface area contributed by atoms with E-state index in [-0.39, 0.29) is 22.8 Å². The minimum atomic E-state index is -0.228. The molecule has 2 bridgehead atoms. The molecule has 0 aliphatic carbocycles. The van der Waals surface area contributed by atoms with Gasteiger partial charge in [0.15, 0.2) is 0 Å². The number of carbonyl (C=O) groups excluding carboxylic acids is 2. The van der Waals surface area contributed by atoms with Crippen LogP contribution in [0.2, 0.25) is 0 Å². The third-order valence-corrected chi connectivity index (χ3v) is 6.02. The number of hydrogen-bond donors (Lipinski definition) is 2. The van der Waals surface area contributed by atoms with Crippen LogP contribution in [0.3, 0.4) is 0 Å². The fourth-order valence-electron chi connectivity index (χ4n) is 4.68. The molecule has 2 aliphatic heterocycles. The summed E-state index contributed by atoms with van der Waals surface area (Å²) in [7, 11) is 0. The zero-order chi connectivity index (χ0) is 22.3. The number of amides is 2. The summed E-state index contributed by atoms with van der Waals surface area (Å²) in [4.78, 5) is 31.8. The van der Waals surface area contributed by atoms with Gasteiger partial charge in [-0.05, 0) is 59.3 Å². The number of hydrogen-bond acceptors (Lipinski definition) is 5. The van der Waals surface area contributed by atoms with E-state index in [9.17, 15) is 9.59 Å². The molecule has 7 heteroatoms. The molecule has 3 heterocycles. The van der Waals surface area contributed by atoms with Crippen LogP contribution in [0.4, 0.5) is 0 Å². The summed E-state index contributed by atoms with van der Waals surface area (Å²) in [5.74, 6) is 1.25. The lowest BCUT2D eigenvalue weighted by Gasteiger charge is -2.39. The predicted octanol–water partition coefficient (Wildman–Crippen LogP) is 3.17. The van der Waals surface area contributed by atoms with E-state index < -0.39 is 0 Å². The van der Waals surface area contributed by atoms with E-state index >= 15 is 0 Å². The molecular formula is C23H38N4O3. The SMILES string of the molecule is Cc1nc(C(C)(C)C)oc1C(=O)NCC1CC2CCC(C1)N2CC(=O)NC(C)(C)C. The first-order chi connectivity index (χ1) is 13.8. The molecule has 1 aromatic heterocycles. The van der Waals surface area contributed by atoms with Gasteiger partial charge in [0.05, 0.1) is 12.2 Å². The Bertz CT molecular complexity index is 773. The fraction of sp³-hybridized carbons (Fsp3) is 0.783. The van der Waals surface area contributed by atoms with E-state index in [4.69, 9.17) is 4.42 Å². The smallest absolute Gasteiger partial charge is 0.289 e. The van der Waals surface area contributed by atoms with Crippen molar-refractivity contribution in [2.24, 2.45) is 5.92 Å². The molecule has 1 aromatic rings. The molecule has 0 aromatic carbocycles. The van der Waals surface area contributed by atoms with E-state index in [1.165, 1.54) is 0 Å². The number of aryl methyl sites for hydroxylation is 1. The molecule has 2 atom stereocenters. The van der Waals surface area contributed by atoms with Crippen LogP contribution in [0.1, 0.15) is 89.4 Å². The average Bonchev–Trinajstić information content (AvgIpc) is 3.08. The molecule has 0 saturated carbocycles. The monoisotopic (exact) mass is 418 g/mol. The Morgan fingerprint density at radius 3 is 2.20 bits per heavy atom. The molecule has 7 nitrogen and oxygen atoms in total. The summed E-state index contributed by atoms with van der Waals surface area (Å²) >= 11 is 0. The van der Waals surface area contributed by atoms with Crippen molar-refractivity contribution in [1.82, 2.24) is 20.5 Å². The van der Waals surface area contributed by atoms with E-state index in [1.807, 2.05) is 48.5 Å². The van der Waals surface area contributed by atoms with Gasteiger partial charge >= 0.3 is 0 Å². The summed E-state index contributed by atoms with van der Waals surface area (Å²) in [5, 5.41) is 6.13. The van der Waals surface area contributed by atoms with Gasteiger partial charge in [-0.25, -0.2) is 4.98 Å². The molecule has 2 fully saturated rings. The highest BCUT2D eigenvalue weighted by Gasteiger charge is 2.41. The number of nitrogens with zero attached hydrogens (tertiary/aromatic N) is 2. The van der Waals surface area contributed by atoms with Crippen molar-refractivity contribution in [3.05, 3.63) is 17.3 Å². The molecule has 2 aliphatic rings. The highest BCUT2D eigenvalue weighted by atomic mass is 16.4. The summed E-state index contributed by atoms with van der Waals surface area (Å²) in [6.07, 6.45) is 4.30. The highest BCUT2D eigenvalue weighted by molar-refractivity contribution is 5.92. The first-order valence-corrected chi connectivity index (χ1v) is 11.2. The summed E-state index contributed by atoms with van der Waals surface area (Å²) in [6, 6.07) is 0.853. The third-order valence-electron chi connectivity index (χ3n) is 6.02. The lowest BCUT2D eigenvalue weighted by molar-refractivity contribution is -0.125. The van der Waals surface area contributed by atoms with Gasteiger partial charge in [-0.2, -0.15) is 0 Å². The number of nitrogens with one attached hydrogen (secondary N) is 2. The van der Waals surface area contributed by atoms with Crippen LogP contribution in [-0.2, 0) is 10.2 Å². The van der Waals surface area contributed by atoms with Gasteiger partial charge in [0, 0.05) is 29.6 Å². The Morgan fingerprint density at radius 2 is 1.70 bits per heavy atom. The summed E-state index contributed by atoms with van der Waals surface area (Å²) in [5.41, 5.74) is 0.205. The molecule has 0 spiro atoms. The Labute approximate surface area is 180 Å². The Kier molecular flexibility index (Phi) is 6.33. The average molecular weight is 419 g/mol. The number of fused-ring (bicyclic) bond motifs is 2. The Hall–Kier alpha value is -1.89. The van der Waals surface area contributed by atoms with Crippen LogP contribution in [0.15, 0.2) is 4.42 Å². The van der Waals surface area contributed by atoms with Crippen LogP contribution in [-0.4, -0.2) is 52.4 Å². The van der Waals surface area contributed by atoms with Crippen LogP contribution < -0.4 is 10.6 Å². The lowest BCUT2D eigenvalue weighted by Crippen LogP contribution is -2.52. The van der Waals surface area contributed by atoms with Gasteiger partial charge in [-0.15, -0.1) is 0 Å². The standard InChI is InChI=1S/C23H38N4O3/c1-14-19(30-21(25-14)22(2,3)4)20(29)24-12-15-10-16-8-9-17(11-15)27(16)13-18(28)26-23(5,6)7/h15-17H,8-13H2,1-7H3,(H,24,29)(H,26,28). The molecule has 0 radical (unpaired) electrons. The van der Waals surface area contributed by atoms with Crippen LogP contribution >= 0.6 is 0 Å². The second-order valence-electron chi connectivity index (χ2n) is 11.1. The van der Waals surface area contributed by atoms with Gasteiger partial charge in [0.2, 0.25) is 17.6 Å². The molecule has 30 heavy (non-hydrogen) atoms. The van der Waals surface area contributed by atoms with Crippen molar-refractivity contribution in [3.8, 4) is 0 Å². The largest absolute Gasteiger partial charge is 0.435 e. The molecule has 2 saturated heterocycles. The first-order valence-electron chi connectivity index (χ1n) is 11.2. The first kappa shape index (κ1) is 22.8. The summed E-state index contributed by atoms with van der Waals surface area (Å²) in [6.45, 7) is 15.0. The zero-order valence-corrected chi connectivity index (χ0v) is 19.6. The minimum Gasteiger partial charge on any atom is -0.435 e. The van der Waals surface area contributed by atoms with Gasteiger partial charge in [0.1, 0.15) is 0 Å². The Balaban J connectivity index is 1.53. The van der Waals surface area contributed by atoms with E-state index in [0.717, 1.165) is 25.7 Å². The molecule has 168 valence electrons. The maximum Gasteiger partial charge on any atom is 0.289 e. The molecule has 2 amide bonds. The minimum absolute atomic E-state index is 0.0987. The quantitative estimate of drug-likeness (QED) is 0.767. The van der Waals surface area contributed by atoms with Crippen molar-refractivity contribution in [2.45, 2.75) is 97.2 Å². The van der Waals surface area contributed by atoms with Crippen LogP contribution in [0, 0.1) is 12.8 Å². The molecule has 2 unspecified atom stereocenters. The van der Waals surface area contributed by atoms with Crippen molar-refractivity contribution >= 4 is 11.8 Å². The number of piperidine rings is 1. The number of rotatable bonds is 5. The third kappa shape index (κ3) is 5.42. The second-order valence-corrected chi connectivity index (χ2v) is 11.1. The topological polar surface area (TPSA) is 87.5 Å². The number of aromatic nitrogens is 1. The van der Waals surface area contributed by atoms with E-state index in [1.54, 1.807) is 0 Å². The highest BCUT2D eigenvalue weighted by Crippen LogP contribution is 2.38. The normalized spacial score (nSPS) is 24.7. The van der Waals surface area contributed by atoms with Crippen molar-refractivity contribution in [2.75, 3.05) is 13.1 Å². The van der Waals surface area contributed by atoms with Gasteiger partial charge in [0.25, 0.3) is 5.91 Å².